The second-order valence-electron chi connectivity index (χ2n) is 13.3. The van der Waals surface area contributed by atoms with Gasteiger partial charge in [0.05, 0.1) is 17.7 Å². The number of imidazole rings is 2. The first-order valence-electron chi connectivity index (χ1n) is 18.1. The number of sulfone groups is 2. The molecule has 0 saturated heterocycles. The SMILES string of the molecule is CCS(=O)(=O)C(=CN(C)C)C(=O)c1nc2cc(C)cnc2n1C.CCS(=O)(=O)c1cnc(-c2ncccn2)nc1-c1nc2cc(C)cnc2n1C.Cl.N=C(N)c1ncccn1. The fourth-order valence-corrected chi connectivity index (χ4v) is 7.44. The number of halogens is 1. The molecule has 23 heteroatoms. The van der Waals surface area contributed by atoms with Gasteiger partial charge in [-0.3, -0.25) is 10.2 Å². The van der Waals surface area contributed by atoms with Gasteiger partial charge in [0.25, 0.3) is 0 Å². The molecule has 0 radical (unpaired) electrons. The highest BCUT2D eigenvalue weighted by Crippen LogP contribution is 2.29. The zero-order valence-corrected chi connectivity index (χ0v) is 36.9. The molecule has 320 valence electrons. The number of amidine groups is 1. The number of Topliss-reactive ketones (excluding diaryl/α,β-unsaturated/α-hetero) is 1. The lowest BCUT2D eigenvalue weighted by atomic mass is 10.3. The van der Waals surface area contributed by atoms with Gasteiger partial charge in [-0.2, -0.15) is 0 Å². The molecular weight excluding hydrogens is 846 g/mol. The summed E-state index contributed by atoms with van der Waals surface area (Å²) in [6.45, 7) is 6.88. The number of carbonyl (C=O) groups excluding carboxylic acids is 1. The molecule has 7 aromatic heterocycles. The minimum Gasteiger partial charge on any atom is -0.382 e. The van der Waals surface area contributed by atoms with Crippen LogP contribution in [0.2, 0.25) is 0 Å². The Morgan fingerprint density at radius 1 is 0.754 bits per heavy atom. The van der Waals surface area contributed by atoms with Crippen LogP contribution in [0.5, 0.6) is 0 Å². The van der Waals surface area contributed by atoms with Crippen LogP contribution in [-0.4, -0.2) is 118 Å². The van der Waals surface area contributed by atoms with E-state index in [0.29, 0.717) is 34.0 Å². The second-order valence-corrected chi connectivity index (χ2v) is 17.8. The Hall–Kier alpha value is -6.65. The van der Waals surface area contributed by atoms with E-state index < -0.39 is 25.5 Å². The number of ketones is 1. The molecule has 0 saturated carbocycles. The molecule has 0 fully saturated rings. The summed E-state index contributed by atoms with van der Waals surface area (Å²) in [5.74, 6) is 0.291. The van der Waals surface area contributed by atoms with Crippen molar-refractivity contribution in [1.82, 2.24) is 63.9 Å². The van der Waals surface area contributed by atoms with Crippen molar-refractivity contribution in [1.29, 1.82) is 5.41 Å². The number of aromatic nitrogens is 12. The third-order valence-electron chi connectivity index (χ3n) is 8.46. The number of nitrogen functional groups attached to an aromatic ring is 1. The second kappa shape index (κ2) is 19.6. The van der Waals surface area contributed by atoms with E-state index in [-0.39, 0.29) is 62.7 Å². The Balaban J connectivity index is 0.000000223. The van der Waals surface area contributed by atoms with Crippen LogP contribution < -0.4 is 5.73 Å². The van der Waals surface area contributed by atoms with E-state index in [4.69, 9.17) is 11.1 Å². The average molecular weight is 890 g/mol. The van der Waals surface area contributed by atoms with Gasteiger partial charge in [-0.15, -0.1) is 12.4 Å². The largest absolute Gasteiger partial charge is 0.382 e. The molecule has 0 amide bonds. The number of hydrogen-bond acceptors (Lipinski definition) is 17. The summed E-state index contributed by atoms with van der Waals surface area (Å²) in [6.07, 6.45) is 12.3. The van der Waals surface area contributed by atoms with Crippen LogP contribution in [0, 0.1) is 19.3 Å². The highest BCUT2D eigenvalue weighted by Gasteiger charge is 2.29. The van der Waals surface area contributed by atoms with E-state index in [0.717, 1.165) is 11.1 Å². The van der Waals surface area contributed by atoms with E-state index >= 15 is 0 Å². The lowest BCUT2D eigenvalue weighted by Gasteiger charge is -2.11. The van der Waals surface area contributed by atoms with Crippen LogP contribution in [0.25, 0.3) is 45.5 Å². The first-order valence-corrected chi connectivity index (χ1v) is 21.4. The van der Waals surface area contributed by atoms with E-state index in [1.165, 1.54) is 28.8 Å². The van der Waals surface area contributed by atoms with Gasteiger partial charge in [0, 0.05) is 71.6 Å². The quantitative estimate of drug-likeness (QED) is 0.0861. The number of fused-ring (bicyclic) bond motifs is 2. The Kier molecular flexibility index (Phi) is 15.1. The van der Waals surface area contributed by atoms with Crippen molar-refractivity contribution in [3.05, 3.63) is 102 Å². The number of hydrogen-bond donors (Lipinski definition) is 2. The monoisotopic (exact) mass is 889 g/mol. The highest BCUT2D eigenvalue weighted by atomic mass is 35.5. The first kappa shape index (κ1) is 47.0. The molecule has 0 aliphatic heterocycles. The first-order chi connectivity index (χ1) is 28.4. The molecule has 0 aromatic carbocycles. The predicted molar refractivity (Wildman–Crippen MR) is 232 cm³/mol. The third-order valence-corrected chi connectivity index (χ3v) is 11.9. The van der Waals surface area contributed by atoms with Gasteiger partial charge in [0.15, 0.2) is 65.9 Å². The maximum atomic E-state index is 12.8. The number of allylic oxidation sites excluding steroid dienone is 1. The fourth-order valence-electron chi connectivity index (χ4n) is 5.42. The topological polar surface area (TPSA) is 277 Å². The molecule has 0 aliphatic carbocycles. The van der Waals surface area contributed by atoms with Crippen LogP contribution in [0.4, 0.5) is 0 Å². The molecular formula is C38H44ClN15O5S2. The molecule has 0 unspecified atom stereocenters. The number of aryl methyl sites for hydroxylation is 4. The molecule has 7 aromatic rings. The molecule has 0 bridgehead atoms. The van der Waals surface area contributed by atoms with Crippen LogP contribution in [-0.2, 0) is 33.8 Å². The maximum absolute atomic E-state index is 12.8. The zero-order chi connectivity index (χ0) is 43.9. The Labute approximate surface area is 358 Å². The van der Waals surface area contributed by atoms with Crippen molar-refractivity contribution in [2.75, 3.05) is 25.6 Å². The molecule has 0 spiro atoms. The number of pyridine rings is 2. The highest BCUT2D eigenvalue weighted by molar-refractivity contribution is 7.96. The Morgan fingerprint density at radius 3 is 1.80 bits per heavy atom. The van der Waals surface area contributed by atoms with Gasteiger partial charge < -0.3 is 19.8 Å². The molecule has 7 rings (SSSR count). The van der Waals surface area contributed by atoms with Crippen LogP contribution in [0.3, 0.4) is 0 Å². The number of rotatable bonds is 10. The predicted octanol–water partition coefficient (Wildman–Crippen LogP) is 3.46. The number of nitrogens with two attached hydrogens (primary N) is 1. The maximum Gasteiger partial charge on any atom is 0.241 e. The summed E-state index contributed by atoms with van der Waals surface area (Å²) in [6, 6.07) is 7.05. The number of nitrogens with zero attached hydrogens (tertiary/aromatic N) is 13. The molecule has 3 N–H and O–H groups in total. The lowest BCUT2D eigenvalue weighted by molar-refractivity contribution is 0.102. The van der Waals surface area contributed by atoms with E-state index in [1.54, 1.807) is 89.0 Å². The van der Waals surface area contributed by atoms with E-state index in [2.05, 4.69) is 49.8 Å². The van der Waals surface area contributed by atoms with Crippen molar-refractivity contribution in [2.24, 2.45) is 19.8 Å². The van der Waals surface area contributed by atoms with Crippen molar-refractivity contribution in [3.8, 4) is 23.2 Å². The van der Waals surface area contributed by atoms with Gasteiger partial charge >= 0.3 is 0 Å². The molecule has 0 atom stereocenters. The smallest absolute Gasteiger partial charge is 0.241 e. The third kappa shape index (κ3) is 10.8. The average Bonchev–Trinajstić information content (AvgIpc) is 3.74. The summed E-state index contributed by atoms with van der Waals surface area (Å²) in [7, 11) is -0.493. The Morgan fingerprint density at radius 2 is 1.30 bits per heavy atom. The van der Waals surface area contributed by atoms with Crippen molar-refractivity contribution < 1.29 is 21.6 Å². The zero-order valence-electron chi connectivity index (χ0n) is 34.5. The summed E-state index contributed by atoms with van der Waals surface area (Å²) >= 11 is 0. The van der Waals surface area contributed by atoms with Crippen LogP contribution in [0.15, 0.2) is 83.6 Å². The van der Waals surface area contributed by atoms with Gasteiger partial charge in [-0.25, -0.2) is 66.7 Å². The summed E-state index contributed by atoms with van der Waals surface area (Å²) in [5.41, 5.74) is 9.55. The van der Waals surface area contributed by atoms with Gasteiger partial charge in [0.2, 0.25) is 5.78 Å². The van der Waals surface area contributed by atoms with Crippen molar-refractivity contribution in [2.45, 2.75) is 32.6 Å². The number of carbonyl (C=O) groups is 1. The molecule has 61 heavy (non-hydrogen) atoms. The van der Waals surface area contributed by atoms with Crippen molar-refractivity contribution in [3.63, 3.8) is 0 Å². The summed E-state index contributed by atoms with van der Waals surface area (Å²) in [4.78, 5) is 56.0. The van der Waals surface area contributed by atoms with Gasteiger partial charge in [-0.1, -0.05) is 13.8 Å². The molecule has 20 nitrogen and oxygen atoms in total. The Bertz CT molecular complexity index is 2960. The normalized spacial score (nSPS) is 11.5. The lowest BCUT2D eigenvalue weighted by Crippen LogP contribution is -2.21. The van der Waals surface area contributed by atoms with Gasteiger partial charge in [0.1, 0.15) is 26.5 Å². The standard InChI is InChI=1S/C18H17N7O2S.C15H20N4O3S.C5H6N4.ClH/c1-4-28(26,27)13-10-21-16(15-19-6-5-7-20-15)24-14(13)18-23-12-8-11(2)9-22-17(12)25(18)3;1-6-23(21,22)12(9-18(3)4)13(20)15-17-11-7-10(2)8-16-14(11)19(15)5;6-4(7)5-8-2-1-3-9-5;/h5-10H,4H2,1-3H3;7-9H,6H2,1-5H3;1-3H,(H3,6,7);1H. The summed E-state index contributed by atoms with van der Waals surface area (Å²) < 4.78 is 53.1. The molecule has 7 heterocycles. The van der Waals surface area contributed by atoms with Gasteiger partial charge in [-0.05, 0) is 49.2 Å². The van der Waals surface area contributed by atoms with E-state index in [9.17, 15) is 21.6 Å². The van der Waals surface area contributed by atoms with Crippen LogP contribution >= 0.6 is 12.4 Å². The number of nitrogens with one attached hydrogen (secondary N) is 1. The van der Waals surface area contributed by atoms with Crippen molar-refractivity contribution >= 4 is 66.0 Å². The minimum atomic E-state index is -3.67. The molecule has 0 aliphatic rings. The van der Waals surface area contributed by atoms with E-state index in [1.807, 2.05) is 26.0 Å². The summed E-state index contributed by atoms with van der Waals surface area (Å²) in [5, 5.41) is 6.89. The van der Waals surface area contributed by atoms with Crippen LogP contribution in [0.1, 0.15) is 41.4 Å². The minimum absolute atomic E-state index is 0. The fraction of sp³-hybridized carbons (Fsp3) is 0.263.